The van der Waals surface area contributed by atoms with Crippen LogP contribution < -0.4 is 15.1 Å². The molecule has 3 rings (SSSR count). The summed E-state index contributed by atoms with van der Waals surface area (Å²) in [4.78, 5) is 4.10. The normalized spacial score (nSPS) is 16.2. The maximum atomic E-state index is 14.6. The number of anilines is 2. The Hall–Kier alpha value is -2.11. The van der Waals surface area contributed by atoms with Gasteiger partial charge in [-0.1, -0.05) is 36.4 Å². The van der Waals surface area contributed by atoms with Crippen LogP contribution in [0.4, 0.5) is 15.8 Å². The van der Waals surface area contributed by atoms with Crippen molar-refractivity contribution in [1.82, 2.24) is 5.32 Å². The van der Waals surface area contributed by atoms with Gasteiger partial charge in [0.25, 0.3) is 0 Å². The average molecular weight is 329 g/mol. The molecule has 0 saturated heterocycles. The highest BCUT2D eigenvalue weighted by Crippen LogP contribution is 2.43. The van der Waals surface area contributed by atoms with Crippen molar-refractivity contribution < 1.29 is 9.50 Å². The Morgan fingerprint density at radius 2 is 1.92 bits per heavy atom. The highest BCUT2D eigenvalue weighted by molar-refractivity contribution is 5.77. The van der Waals surface area contributed by atoms with Crippen LogP contribution in [0, 0.1) is 5.82 Å². The molecule has 128 valence electrons. The van der Waals surface area contributed by atoms with E-state index in [4.69, 9.17) is 0 Å². The predicted molar refractivity (Wildman–Crippen MR) is 95.9 cm³/mol. The van der Waals surface area contributed by atoms with Gasteiger partial charge in [-0.15, -0.1) is 0 Å². The van der Waals surface area contributed by atoms with Crippen molar-refractivity contribution in [2.75, 3.05) is 36.6 Å². The SMILES string of the molecule is CCN1CN(C(c2ccccc2)C(O)CNC)c2c(F)cccc21. The fourth-order valence-electron chi connectivity index (χ4n) is 3.45. The van der Waals surface area contributed by atoms with Crippen LogP contribution in [0.2, 0.25) is 0 Å². The molecule has 0 aliphatic carbocycles. The van der Waals surface area contributed by atoms with Crippen LogP contribution >= 0.6 is 0 Å². The number of halogens is 1. The van der Waals surface area contributed by atoms with Crippen molar-refractivity contribution in [3.8, 4) is 0 Å². The molecule has 0 amide bonds. The van der Waals surface area contributed by atoms with Gasteiger partial charge in [-0.2, -0.15) is 0 Å². The molecule has 0 saturated carbocycles. The molecule has 0 aromatic heterocycles. The number of nitrogens with zero attached hydrogens (tertiary/aromatic N) is 2. The molecule has 2 aromatic rings. The highest BCUT2D eigenvalue weighted by Gasteiger charge is 2.36. The van der Waals surface area contributed by atoms with E-state index in [-0.39, 0.29) is 11.9 Å². The molecule has 0 radical (unpaired) electrons. The number of nitrogens with one attached hydrogen (secondary N) is 1. The zero-order chi connectivity index (χ0) is 17.1. The summed E-state index contributed by atoms with van der Waals surface area (Å²) in [6.45, 7) is 3.84. The number of aliphatic hydroxyl groups excluding tert-OH is 1. The Kier molecular flexibility index (Phi) is 5.02. The molecular formula is C19H24FN3O. The summed E-state index contributed by atoms with van der Waals surface area (Å²) in [6, 6.07) is 14.7. The van der Waals surface area contributed by atoms with Crippen LogP contribution in [0.1, 0.15) is 18.5 Å². The molecule has 0 fully saturated rings. The second-order valence-electron chi connectivity index (χ2n) is 6.06. The van der Waals surface area contributed by atoms with Gasteiger partial charge < -0.3 is 20.2 Å². The first-order chi connectivity index (χ1) is 11.7. The van der Waals surface area contributed by atoms with E-state index in [0.717, 1.165) is 17.8 Å². The summed E-state index contributed by atoms with van der Waals surface area (Å²) < 4.78 is 14.6. The zero-order valence-corrected chi connectivity index (χ0v) is 14.1. The lowest BCUT2D eigenvalue weighted by atomic mass is 9.99. The minimum atomic E-state index is -0.651. The Morgan fingerprint density at radius 1 is 1.17 bits per heavy atom. The van der Waals surface area contributed by atoms with Crippen LogP contribution in [-0.2, 0) is 0 Å². The lowest BCUT2D eigenvalue weighted by Crippen LogP contribution is -2.43. The molecule has 1 heterocycles. The summed E-state index contributed by atoms with van der Waals surface area (Å²) in [7, 11) is 1.81. The van der Waals surface area contributed by atoms with Crippen molar-refractivity contribution in [3.63, 3.8) is 0 Å². The fraction of sp³-hybridized carbons (Fsp3) is 0.368. The van der Waals surface area contributed by atoms with Crippen molar-refractivity contribution >= 4 is 11.4 Å². The molecule has 1 aliphatic rings. The monoisotopic (exact) mass is 329 g/mol. The number of rotatable bonds is 6. The molecular weight excluding hydrogens is 305 g/mol. The smallest absolute Gasteiger partial charge is 0.148 e. The maximum Gasteiger partial charge on any atom is 0.148 e. The first-order valence-corrected chi connectivity index (χ1v) is 8.35. The van der Waals surface area contributed by atoms with Crippen LogP contribution in [-0.4, -0.2) is 38.0 Å². The summed E-state index contributed by atoms with van der Waals surface area (Å²) in [5.74, 6) is -0.249. The Bertz CT molecular complexity index is 680. The van der Waals surface area contributed by atoms with E-state index in [1.807, 2.05) is 48.3 Å². The van der Waals surface area contributed by atoms with Crippen molar-refractivity contribution in [1.29, 1.82) is 0 Å². The van der Waals surface area contributed by atoms with Crippen LogP contribution in [0.5, 0.6) is 0 Å². The number of para-hydroxylation sites is 1. The van der Waals surface area contributed by atoms with Crippen molar-refractivity contribution in [3.05, 3.63) is 59.9 Å². The van der Waals surface area contributed by atoms with Crippen molar-refractivity contribution in [2.24, 2.45) is 0 Å². The van der Waals surface area contributed by atoms with E-state index < -0.39 is 6.10 Å². The Morgan fingerprint density at radius 3 is 2.58 bits per heavy atom. The van der Waals surface area contributed by atoms with Crippen LogP contribution in [0.25, 0.3) is 0 Å². The highest BCUT2D eigenvalue weighted by atomic mass is 19.1. The van der Waals surface area contributed by atoms with Gasteiger partial charge in [0.05, 0.1) is 30.2 Å². The fourth-order valence-corrected chi connectivity index (χ4v) is 3.45. The second kappa shape index (κ2) is 7.20. The molecule has 2 N–H and O–H groups in total. The molecule has 4 nitrogen and oxygen atoms in total. The number of fused-ring (bicyclic) bond motifs is 1. The van der Waals surface area contributed by atoms with Gasteiger partial charge in [0.15, 0.2) is 0 Å². The number of aliphatic hydroxyl groups is 1. The Balaban J connectivity index is 2.06. The standard InChI is InChI=1S/C19H24FN3O/c1-3-22-13-23(19-15(20)10-7-11-16(19)22)18(17(24)12-21-2)14-8-5-4-6-9-14/h4-11,17-18,21,24H,3,12-13H2,1-2H3. The van der Waals surface area contributed by atoms with Gasteiger partial charge in [-0.05, 0) is 31.7 Å². The molecule has 2 aromatic carbocycles. The van der Waals surface area contributed by atoms with Crippen molar-refractivity contribution in [2.45, 2.75) is 19.1 Å². The molecule has 0 spiro atoms. The lowest BCUT2D eigenvalue weighted by molar-refractivity contribution is 0.141. The van der Waals surface area contributed by atoms with Crippen LogP contribution in [0.3, 0.4) is 0 Å². The van der Waals surface area contributed by atoms with E-state index in [9.17, 15) is 9.50 Å². The minimum absolute atomic E-state index is 0.249. The third kappa shape index (κ3) is 2.97. The van der Waals surface area contributed by atoms with E-state index in [2.05, 4.69) is 17.1 Å². The molecule has 2 atom stereocenters. The summed E-state index contributed by atoms with van der Waals surface area (Å²) in [6.07, 6.45) is -0.651. The zero-order valence-electron chi connectivity index (χ0n) is 14.1. The first kappa shape index (κ1) is 16.7. The summed E-state index contributed by atoms with van der Waals surface area (Å²) >= 11 is 0. The van der Waals surface area contributed by atoms with Gasteiger partial charge in [-0.25, -0.2) is 4.39 Å². The molecule has 1 aliphatic heterocycles. The number of benzene rings is 2. The van der Waals surface area contributed by atoms with Gasteiger partial charge in [0.2, 0.25) is 0 Å². The molecule has 0 bridgehead atoms. The van der Waals surface area contributed by atoms with Gasteiger partial charge in [0, 0.05) is 13.1 Å². The van der Waals surface area contributed by atoms with Gasteiger partial charge in [-0.3, -0.25) is 0 Å². The van der Waals surface area contributed by atoms with Gasteiger partial charge in [0.1, 0.15) is 5.82 Å². The molecule has 5 heteroatoms. The molecule has 24 heavy (non-hydrogen) atoms. The largest absolute Gasteiger partial charge is 0.389 e. The third-order valence-corrected chi connectivity index (χ3v) is 4.55. The Labute approximate surface area is 142 Å². The predicted octanol–water partition coefficient (Wildman–Crippen LogP) is 2.75. The summed E-state index contributed by atoms with van der Waals surface area (Å²) in [5.41, 5.74) is 2.44. The third-order valence-electron chi connectivity index (χ3n) is 4.55. The van der Waals surface area contributed by atoms with Crippen LogP contribution in [0.15, 0.2) is 48.5 Å². The van der Waals surface area contributed by atoms with E-state index in [0.29, 0.717) is 18.9 Å². The quantitative estimate of drug-likeness (QED) is 0.855. The van der Waals surface area contributed by atoms with E-state index in [1.54, 1.807) is 6.07 Å². The summed E-state index contributed by atoms with van der Waals surface area (Å²) in [5, 5.41) is 13.8. The maximum absolute atomic E-state index is 14.6. The van der Waals surface area contributed by atoms with E-state index >= 15 is 0 Å². The first-order valence-electron chi connectivity index (χ1n) is 8.35. The topological polar surface area (TPSA) is 38.7 Å². The number of hydrogen-bond acceptors (Lipinski definition) is 4. The minimum Gasteiger partial charge on any atom is -0.389 e. The average Bonchev–Trinajstić information content (AvgIpc) is 2.96. The number of likely N-dealkylation sites (N-methyl/N-ethyl adjacent to an activating group) is 1. The number of hydrogen-bond donors (Lipinski definition) is 2. The second-order valence-corrected chi connectivity index (χ2v) is 6.06. The lowest BCUT2D eigenvalue weighted by Gasteiger charge is -2.34. The van der Waals surface area contributed by atoms with Gasteiger partial charge >= 0.3 is 0 Å². The van der Waals surface area contributed by atoms with E-state index in [1.165, 1.54) is 6.07 Å². The molecule has 2 unspecified atom stereocenters.